The normalized spacial score (nSPS) is 12.1. The van der Waals surface area contributed by atoms with Crippen LogP contribution >= 0.6 is 12.4 Å². The molecule has 0 unspecified atom stereocenters. The van der Waals surface area contributed by atoms with Crippen LogP contribution in [0.2, 0.25) is 0 Å². The molecule has 7 heteroatoms. The molecule has 0 rings (SSSR count). The number of carboxylic acids is 1. The molecule has 0 fully saturated rings. The molecule has 0 amide bonds. The van der Waals surface area contributed by atoms with Crippen molar-refractivity contribution in [3.8, 4) is 0 Å². The summed E-state index contributed by atoms with van der Waals surface area (Å²) in [5.74, 6) is 3.98. The van der Waals surface area contributed by atoms with E-state index in [0.29, 0.717) is 13.0 Å². The fourth-order valence-corrected chi connectivity index (χ4v) is 0.808. The van der Waals surface area contributed by atoms with Crippen molar-refractivity contribution >= 4 is 24.7 Å². The molecule has 0 aromatic heterocycles. The fraction of sp³-hybridized carbons (Fsp3) is 0.714. The minimum Gasteiger partial charge on any atom is -0.480 e. The van der Waals surface area contributed by atoms with Crippen LogP contribution in [0.3, 0.4) is 0 Å². The average Bonchev–Trinajstić information content (AvgIpc) is 2.10. The molecule has 0 bridgehead atoms. The molecular formula is C7H17ClN4O2. The summed E-state index contributed by atoms with van der Waals surface area (Å²) in [4.78, 5) is 14.2. The quantitative estimate of drug-likeness (QED) is 0.153. The van der Waals surface area contributed by atoms with Crippen molar-refractivity contribution in [2.24, 2.45) is 16.6 Å². The summed E-state index contributed by atoms with van der Waals surface area (Å²) >= 11 is 0. The number of aliphatic carboxylic acids is 1. The zero-order chi connectivity index (χ0) is 10.1. The molecule has 0 heterocycles. The third-order valence-corrected chi connectivity index (χ3v) is 1.54. The molecule has 0 radical (unpaired) electrons. The van der Waals surface area contributed by atoms with Gasteiger partial charge >= 0.3 is 5.97 Å². The number of unbranched alkanes of at least 4 members (excludes halogenated alkanes) is 1. The first-order valence-electron chi connectivity index (χ1n) is 4.11. The van der Waals surface area contributed by atoms with Crippen LogP contribution in [0.25, 0.3) is 0 Å². The number of aliphatic imine (C=N–C) groups is 1. The maximum absolute atomic E-state index is 10.3. The van der Waals surface area contributed by atoms with E-state index in [2.05, 4.69) is 10.4 Å². The number of hydrogen-bond donors (Lipinski definition) is 4. The zero-order valence-corrected chi connectivity index (χ0v) is 8.67. The maximum Gasteiger partial charge on any atom is 0.320 e. The summed E-state index contributed by atoms with van der Waals surface area (Å²) in [6.45, 7) is 0.635. The number of carbonyl (C=O) groups is 1. The second kappa shape index (κ2) is 10.2. The lowest BCUT2D eigenvalue weighted by atomic mass is 10.1. The number of nitrogens with zero attached hydrogens (tertiary/aromatic N) is 1. The SMILES string of the molecule is Cl.NNC=NCCCC[C@@H](N)C(=O)O. The minimum atomic E-state index is -0.952. The summed E-state index contributed by atoms with van der Waals surface area (Å²) in [5, 5.41) is 8.44. The van der Waals surface area contributed by atoms with E-state index in [-0.39, 0.29) is 12.4 Å². The van der Waals surface area contributed by atoms with Gasteiger partial charge in [0.1, 0.15) is 6.04 Å². The topological polar surface area (TPSA) is 114 Å². The van der Waals surface area contributed by atoms with E-state index in [0.717, 1.165) is 12.8 Å². The molecule has 0 aliphatic heterocycles. The molecule has 0 aromatic carbocycles. The number of carboxylic acid groups (broad SMARTS) is 1. The Labute approximate surface area is 89.1 Å². The smallest absolute Gasteiger partial charge is 0.320 e. The van der Waals surface area contributed by atoms with E-state index in [1.54, 1.807) is 0 Å². The van der Waals surface area contributed by atoms with Crippen LogP contribution in [0.1, 0.15) is 19.3 Å². The average molecular weight is 225 g/mol. The van der Waals surface area contributed by atoms with Gasteiger partial charge in [0.05, 0.1) is 6.34 Å². The summed E-state index contributed by atoms with van der Waals surface area (Å²) in [6.07, 6.45) is 3.46. The third-order valence-electron chi connectivity index (χ3n) is 1.54. The highest BCUT2D eigenvalue weighted by Gasteiger charge is 2.09. The van der Waals surface area contributed by atoms with Crippen molar-refractivity contribution in [2.45, 2.75) is 25.3 Å². The van der Waals surface area contributed by atoms with Gasteiger partial charge in [-0.2, -0.15) is 0 Å². The van der Waals surface area contributed by atoms with Gasteiger partial charge in [0.2, 0.25) is 0 Å². The Hall–Kier alpha value is -0.850. The van der Waals surface area contributed by atoms with Crippen LogP contribution in [0.5, 0.6) is 0 Å². The van der Waals surface area contributed by atoms with Gasteiger partial charge in [0.25, 0.3) is 0 Å². The summed E-state index contributed by atoms with van der Waals surface area (Å²) in [7, 11) is 0. The lowest BCUT2D eigenvalue weighted by Crippen LogP contribution is -2.29. The van der Waals surface area contributed by atoms with Crippen LogP contribution in [-0.2, 0) is 4.79 Å². The molecule has 14 heavy (non-hydrogen) atoms. The lowest BCUT2D eigenvalue weighted by Gasteiger charge is -2.03. The van der Waals surface area contributed by atoms with Crippen molar-refractivity contribution in [2.75, 3.05) is 6.54 Å². The Bertz CT molecular complexity index is 177. The van der Waals surface area contributed by atoms with Crippen molar-refractivity contribution < 1.29 is 9.90 Å². The molecule has 6 N–H and O–H groups in total. The lowest BCUT2D eigenvalue weighted by molar-refractivity contribution is -0.138. The largest absolute Gasteiger partial charge is 0.480 e. The first-order valence-corrected chi connectivity index (χ1v) is 4.11. The second-order valence-electron chi connectivity index (χ2n) is 2.64. The van der Waals surface area contributed by atoms with Crippen LogP contribution in [0, 0.1) is 0 Å². The minimum absolute atomic E-state index is 0. The first-order chi connectivity index (χ1) is 6.18. The molecule has 0 aliphatic carbocycles. The van der Waals surface area contributed by atoms with Gasteiger partial charge in [0, 0.05) is 6.54 Å². The molecular weight excluding hydrogens is 208 g/mol. The van der Waals surface area contributed by atoms with Gasteiger partial charge in [-0.15, -0.1) is 12.4 Å². The highest BCUT2D eigenvalue weighted by atomic mass is 35.5. The van der Waals surface area contributed by atoms with Gasteiger partial charge in [-0.05, 0) is 19.3 Å². The van der Waals surface area contributed by atoms with Gasteiger partial charge in [-0.25, -0.2) is 5.84 Å². The third kappa shape index (κ3) is 9.24. The number of nitrogens with two attached hydrogens (primary N) is 2. The van der Waals surface area contributed by atoms with Crippen LogP contribution in [0.4, 0.5) is 0 Å². The molecule has 0 saturated carbocycles. The Morgan fingerprint density at radius 3 is 2.71 bits per heavy atom. The number of hydrazine groups is 1. The molecule has 84 valence electrons. The summed E-state index contributed by atoms with van der Waals surface area (Å²) in [6, 6.07) is -0.753. The number of nitrogens with one attached hydrogen (secondary N) is 1. The Morgan fingerprint density at radius 1 is 1.57 bits per heavy atom. The second-order valence-corrected chi connectivity index (χ2v) is 2.64. The van der Waals surface area contributed by atoms with E-state index in [1.807, 2.05) is 0 Å². The number of halogens is 1. The van der Waals surface area contributed by atoms with Crippen molar-refractivity contribution in [1.82, 2.24) is 5.43 Å². The maximum atomic E-state index is 10.3. The standard InChI is InChI=1S/C7H16N4O2.ClH/c8-6(7(12)13)3-1-2-4-10-5-11-9;/h5-6H,1-4,8-9H2,(H,10,11)(H,12,13);1H/t6-;/m1./s1. The van der Waals surface area contributed by atoms with Crippen LogP contribution in [-0.4, -0.2) is 30.0 Å². The van der Waals surface area contributed by atoms with Crippen molar-refractivity contribution in [3.05, 3.63) is 0 Å². The molecule has 0 spiro atoms. The van der Waals surface area contributed by atoms with Crippen LogP contribution < -0.4 is 17.0 Å². The van der Waals surface area contributed by atoms with E-state index >= 15 is 0 Å². The van der Waals surface area contributed by atoms with E-state index in [9.17, 15) is 4.79 Å². The Balaban J connectivity index is 0. The van der Waals surface area contributed by atoms with E-state index in [4.69, 9.17) is 16.7 Å². The number of rotatable bonds is 7. The Kier molecular flexibility index (Phi) is 11.4. The highest BCUT2D eigenvalue weighted by molar-refractivity contribution is 5.85. The van der Waals surface area contributed by atoms with E-state index in [1.165, 1.54) is 6.34 Å². The zero-order valence-electron chi connectivity index (χ0n) is 7.85. The fourth-order valence-electron chi connectivity index (χ4n) is 0.808. The van der Waals surface area contributed by atoms with Gasteiger partial charge < -0.3 is 16.3 Å². The van der Waals surface area contributed by atoms with E-state index < -0.39 is 12.0 Å². The summed E-state index contributed by atoms with van der Waals surface area (Å²) < 4.78 is 0. The molecule has 1 atom stereocenters. The predicted octanol–water partition coefficient (Wildman–Crippen LogP) is -0.518. The van der Waals surface area contributed by atoms with Crippen molar-refractivity contribution in [1.29, 1.82) is 0 Å². The first kappa shape index (κ1) is 15.6. The molecule has 0 saturated heterocycles. The van der Waals surface area contributed by atoms with Crippen molar-refractivity contribution in [3.63, 3.8) is 0 Å². The van der Waals surface area contributed by atoms with Gasteiger partial charge in [0.15, 0.2) is 0 Å². The molecule has 6 nitrogen and oxygen atoms in total. The Morgan fingerprint density at radius 2 is 2.21 bits per heavy atom. The molecule has 0 aliphatic rings. The van der Waals surface area contributed by atoms with Gasteiger partial charge in [-0.3, -0.25) is 9.79 Å². The van der Waals surface area contributed by atoms with Crippen LogP contribution in [0.15, 0.2) is 4.99 Å². The van der Waals surface area contributed by atoms with Gasteiger partial charge in [-0.1, -0.05) is 0 Å². The molecule has 0 aromatic rings. The highest BCUT2D eigenvalue weighted by Crippen LogP contribution is 1.98. The summed E-state index contributed by atoms with van der Waals surface area (Å²) in [5.41, 5.74) is 7.56. The number of hydrogen-bond acceptors (Lipinski definition) is 4. The monoisotopic (exact) mass is 224 g/mol. The predicted molar refractivity (Wildman–Crippen MR) is 57.4 cm³/mol.